The van der Waals surface area contributed by atoms with Gasteiger partial charge in [0.05, 0.1) is 30.1 Å². The smallest absolute Gasteiger partial charge is 0.267 e. The third-order valence-electron chi connectivity index (χ3n) is 6.80. The van der Waals surface area contributed by atoms with Gasteiger partial charge in [-0.05, 0) is 53.6 Å². The van der Waals surface area contributed by atoms with E-state index in [1.165, 1.54) is 23.3 Å². The summed E-state index contributed by atoms with van der Waals surface area (Å²) in [5.74, 6) is -0.297. The fourth-order valence-corrected chi connectivity index (χ4v) is 4.74. The molecule has 1 aliphatic heterocycles. The summed E-state index contributed by atoms with van der Waals surface area (Å²) in [6, 6.07) is 22.9. The number of nitrogens with zero attached hydrogens (tertiary/aromatic N) is 1. The maximum absolute atomic E-state index is 14.2. The Labute approximate surface area is 230 Å². The fourth-order valence-electron chi connectivity index (χ4n) is 4.29. The highest BCUT2D eigenvalue weighted by Crippen LogP contribution is 2.45. The van der Waals surface area contributed by atoms with Crippen LogP contribution in [0.3, 0.4) is 0 Å². The predicted octanol–water partition coefficient (Wildman–Crippen LogP) is 4.95. The molecule has 9 heteroatoms. The molecular weight excluding hydrogens is 517 g/mol. The maximum atomic E-state index is 14.2. The number of hydrogen-bond donors (Lipinski definition) is 2. The SMILES string of the molecule is CS(=O)(=O)NC(=O)c1cc(C2CC2)c(OCC2CNC2)cc1F.C[C@@H](c1ccccc1)c1cccc(C#N)c1.[HH]. The lowest BCUT2D eigenvalue weighted by Crippen LogP contribution is -2.45. The quantitative estimate of drug-likeness (QED) is 0.410. The van der Waals surface area contributed by atoms with Crippen molar-refractivity contribution in [1.29, 1.82) is 5.26 Å². The molecule has 0 aromatic heterocycles. The van der Waals surface area contributed by atoms with E-state index in [1.54, 1.807) is 4.72 Å². The van der Waals surface area contributed by atoms with E-state index in [-0.39, 0.29) is 12.9 Å². The minimum absolute atomic E-state index is 0. The topological polar surface area (TPSA) is 108 Å². The molecule has 1 saturated heterocycles. The van der Waals surface area contributed by atoms with E-state index in [1.807, 2.05) is 36.4 Å². The summed E-state index contributed by atoms with van der Waals surface area (Å²) in [5.41, 5.74) is 3.69. The fraction of sp³-hybridized carbons (Fsp3) is 0.333. The normalized spacial score (nSPS) is 15.6. The van der Waals surface area contributed by atoms with Crippen molar-refractivity contribution in [2.75, 3.05) is 26.0 Å². The molecule has 0 radical (unpaired) electrons. The predicted molar refractivity (Wildman–Crippen MR) is 150 cm³/mol. The van der Waals surface area contributed by atoms with Gasteiger partial charge in [-0.15, -0.1) is 0 Å². The van der Waals surface area contributed by atoms with Crippen molar-refractivity contribution < 1.29 is 23.8 Å². The Balaban J connectivity index is 0.000000229. The van der Waals surface area contributed by atoms with Crippen molar-refractivity contribution in [1.82, 2.24) is 10.0 Å². The first-order chi connectivity index (χ1) is 18.6. The highest BCUT2D eigenvalue weighted by molar-refractivity contribution is 7.89. The molecule has 3 aromatic rings. The number of nitrogens with one attached hydrogen (secondary N) is 2. The Morgan fingerprint density at radius 2 is 1.82 bits per heavy atom. The Hall–Kier alpha value is -3.74. The molecule has 3 aromatic carbocycles. The Morgan fingerprint density at radius 3 is 2.41 bits per heavy atom. The molecule has 0 bridgehead atoms. The van der Waals surface area contributed by atoms with Crippen molar-refractivity contribution in [2.24, 2.45) is 5.92 Å². The van der Waals surface area contributed by atoms with E-state index in [4.69, 9.17) is 10.00 Å². The summed E-state index contributed by atoms with van der Waals surface area (Å²) in [6.07, 6.45) is 2.77. The van der Waals surface area contributed by atoms with Gasteiger partial charge in [-0.2, -0.15) is 5.26 Å². The van der Waals surface area contributed by atoms with Crippen LogP contribution < -0.4 is 14.8 Å². The highest BCUT2D eigenvalue weighted by Gasteiger charge is 2.30. The van der Waals surface area contributed by atoms with Crippen LogP contribution in [0.2, 0.25) is 0 Å². The van der Waals surface area contributed by atoms with Crippen LogP contribution in [-0.2, 0) is 10.0 Å². The van der Waals surface area contributed by atoms with Crippen molar-refractivity contribution in [3.05, 3.63) is 100 Å². The first-order valence-corrected chi connectivity index (χ1v) is 14.8. The lowest BCUT2D eigenvalue weighted by Gasteiger charge is -2.27. The molecule has 1 heterocycles. The zero-order valence-corrected chi connectivity index (χ0v) is 22.8. The van der Waals surface area contributed by atoms with Gasteiger partial charge in [0.1, 0.15) is 11.6 Å². The van der Waals surface area contributed by atoms with Gasteiger partial charge in [-0.25, -0.2) is 17.5 Å². The molecule has 5 rings (SSSR count). The van der Waals surface area contributed by atoms with E-state index in [0.717, 1.165) is 43.3 Å². The van der Waals surface area contributed by atoms with Gasteiger partial charge in [0, 0.05) is 32.4 Å². The molecular formula is C30H34FN3O4S. The summed E-state index contributed by atoms with van der Waals surface area (Å²) in [7, 11) is -3.74. The van der Waals surface area contributed by atoms with Crippen molar-refractivity contribution in [3.8, 4) is 11.8 Å². The van der Waals surface area contributed by atoms with Crippen LogP contribution in [0.4, 0.5) is 4.39 Å². The average Bonchev–Trinajstić information content (AvgIpc) is 3.73. The number of carbonyl (C=O) groups excluding carboxylic acids is 1. The van der Waals surface area contributed by atoms with Crippen LogP contribution in [0.15, 0.2) is 66.7 Å². The number of rotatable bonds is 8. The molecule has 1 saturated carbocycles. The van der Waals surface area contributed by atoms with E-state index < -0.39 is 21.7 Å². The van der Waals surface area contributed by atoms with Crippen LogP contribution >= 0.6 is 0 Å². The largest absolute Gasteiger partial charge is 0.493 e. The third kappa shape index (κ3) is 7.88. The lowest BCUT2D eigenvalue weighted by atomic mass is 9.92. The zero-order chi connectivity index (χ0) is 28.0. The van der Waals surface area contributed by atoms with Gasteiger partial charge in [-0.1, -0.05) is 49.4 Å². The van der Waals surface area contributed by atoms with E-state index in [0.29, 0.717) is 24.2 Å². The number of hydrogen-bond acceptors (Lipinski definition) is 6. The minimum atomic E-state index is -3.74. The van der Waals surface area contributed by atoms with E-state index >= 15 is 0 Å². The summed E-state index contributed by atoms with van der Waals surface area (Å²) in [4.78, 5) is 11.9. The van der Waals surface area contributed by atoms with Crippen LogP contribution in [0.5, 0.6) is 5.75 Å². The van der Waals surface area contributed by atoms with E-state index in [2.05, 4.69) is 36.5 Å². The molecule has 1 atom stereocenters. The molecule has 206 valence electrons. The molecule has 7 nitrogen and oxygen atoms in total. The number of carbonyl (C=O) groups is 1. The molecule has 39 heavy (non-hydrogen) atoms. The second-order valence-electron chi connectivity index (χ2n) is 10.1. The number of amides is 1. The molecule has 0 unspecified atom stereocenters. The molecule has 0 spiro atoms. The number of halogens is 1. The summed E-state index contributed by atoms with van der Waals surface area (Å²) < 4.78 is 44.0. The molecule has 2 fully saturated rings. The first kappa shape index (κ1) is 28.3. The van der Waals surface area contributed by atoms with Gasteiger partial charge in [0.25, 0.3) is 5.91 Å². The summed E-state index contributed by atoms with van der Waals surface area (Å²) in [5, 5.41) is 12.0. The highest BCUT2D eigenvalue weighted by atomic mass is 32.2. The summed E-state index contributed by atoms with van der Waals surface area (Å²) >= 11 is 0. The first-order valence-electron chi connectivity index (χ1n) is 12.9. The maximum Gasteiger partial charge on any atom is 0.267 e. The van der Waals surface area contributed by atoms with Gasteiger partial charge < -0.3 is 10.1 Å². The number of sulfonamides is 1. The van der Waals surface area contributed by atoms with Gasteiger partial charge >= 0.3 is 0 Å². The van der Waals surface area contributed by atoms with Crippen molar-refractivity contribution in [2.45, 2.75) is 31.6 Å². The van der Waals surface area contributed by atoms with Crippen LogP contribution in [0.1, 0.15) is 65.6 Å². The number of benzene rings is 3. The van der Waals surface area contributed by atoms with Gasteiger partial charge in [0.15, 0.2) is 0 Å². The molecule has 1 aliphatic carbocycles. The van der Waals surface area contributed by atoms with Crippen molar-refractivity contribution >= 4 is 15.9 Å². The van der Waals surface area contributed by atoms with Crippen molar-refractivity contribution in [3.63, 3.8) is 0 Å². The third-order valence-corrected chi connectivity index (χ3v) is 7.35. The number of nitriles is 1. The lowest BCUT2D eigenvalue weighted by molar-refractivity contribution is 0.0977. The zero-order valence-electron chi connectivity index (χ0n) is 22.0. The standard InChI is InChI=1S/C15H19FN2O4S.C15H13N.H2/c1-23(20,21)18-15(19)12-4-11(10-2-3-10)14(5-13(12)16)22-8-9-6-17-7-9;1-12(14-7-3-2-4-8-14)15-9-5-6-13(10-15)11-16;/h4-5,9-10,17H,2-3,6-8H2,1H3,(H,18,19);2-10,12H,1H3;1H/t;12-;/m.0./s1. The second kappa shape index (κ2) is 12.4. The average molecular weight is 552 g/mol. The van der Waals surface area contributed by atoms with Gasteiger partial charge in [-0.3, -0.25) is 4.79 Å². The van der Waals surface area contributed by atoms with E-state index in [9.17, 15) is 17.6 Å². The van der Waals surface area contributed by atoms with Crippen LogP contribution in [0.25, 0.3) is 0 Å². The van der Waals surface area contributed by atoms with Crippen LogP contribution in [0, 0.1) is 23.1 Å². The molecule has 2 N–H and O–H groups in total. The Kier molecular flexibility index (Phi) is 9.00. The second-order valence-corrected chi connectivity index (χ2v) is 11.8. The van der Waals surface area contributed by atoms with Crippen LogP contribution in [-0.4, -0.2) is 40.3 Å². The Bertz CT molecular complexity index is 1470. The Morgan fingerprint density at radius 1 is 1.13 bits per heavy atom. The number of ether oxygens (including phenoxy) is 1. The van der Waals surface area contributed by atoms with Gasteiger partial charge in [0.2, 0.25) is 10.0 Å². The molecule has 1 amide bonds. The minimum Gasteiger partial charge on any atom is -0.493 e. The summed E-state index contributed by atoms with van der Waals surface area (Å²) in [6.45, 7) is 4.43. The monoisotopic (exact) mass is 551 g/mol. The molecule has 2 aliphatic rings.